The van der Waals surface area contributed by atoms with E-state index in [1.54, 1.807) is 29.0 Å². The number of anilines is 1. The van der Waals surface area contributed by atoms with Gasteiger partial charge in [0.25, 0.3) is 5.91 Å². The van der Waals surface area contributed by atoms with E-state index in [1.807, 2.05) is 19.3 Å². The summed E-state index contributed by atoms with van der Waals surface area (Å²) in [6.45, 7) is 0. The second-order valence-electron chi connectivity index (χ2n) is 3.32. The van der Waals surface area contributed by atoms with Crippen molar-refractivity contribution in [3.8, 4) is 0 Å². The Labute approximate surface area is 101 Å². The number of carbonyl (C=O) groups is 1. The molecule has 1 amide bonds. The Hall–Kier alpha value is -1.62. The van der Waals surface area contributed by atoms with E-state index < -0.39 is 0 Å². The van der Waals surface area contributed by atoms with Crippen LogP contribution in [0.25, 0.3) is 0 Å². The highest BCUT2D eigenvalue weighted by Gasteiger charge is 2.09. The second-order valence-corrected chi connectivity index (χ2v) is 4.23. The number of nitrogens with zero attached hydrogens (tertiary/aromatic N) is 2. The van der Waals surface area contributed by atoms with Crippen molar-refractivity contribution in [2.75, 3.05) is 5.32 Å². The van der Waals surface area contributed by atoms with Gasteiger partial charge in [0.15, 0.2) is 0 Å². The lowest BCUT2D eigenvalue weighted by Gasteiger charge is -2.05. The predicted molar refractivity (Wildman–Crippen MR) is 65.3 cm³/mol. The summed E-state index contributed by atoms with van der Waals surface area (Å²) in [4.78, 5) is 15.9. The molecular formula is C11H10BrN3O. The summed E-state index contributed by atoms with van der Waals surface area (Å²) in [6, 6.07) is 7.13. The van der Waals surface area contributed by atoms with Crippen LogP contribution in [0.4, 0.5) is 5.82 Å². The van der Waals surface area contributed by atoms with Gasteiger partial charge in [0.05, 0.1) is 0 Å². The minimum atomic E-state index is -0.168. The first-order valence-electron chi connectivity index (χ1n) is 4.71. The molecule has 0 aromatic carbocycles. The first-order valence-corrected chi connectivity index (χ1v) is 5.50. The van der Waals surface area contributed by atoms with Gasteiger partial charge < -0.3 is 9.88 Å². The first kappa shape index (κ1) is 10.9. The molecule has 0 fully saturated rings. The van der Waals surface area contributed by atoms with Crippen molar-refractivity contribution in [3.63, 3.8) is 0 Å². The molecule has 0 radical (unpaired) electrons. The molecule has 2 heterocycles. The van der Waals surface area contributed by atoms with Gasteiger partial charge in [-0.3, -0.25) is 4.79 Å². The van der Waals surface area contributed by atoms with E-state index in [-0.39, 0.29) is 5.91 Å². The van der Waals surface area contributed by atoms with Gasteiger partial charge in [-0.15, -0.1) is 0 Å². The zero-order chi connectivity index (χ0) is 11.5. The van der Waals surface area contributed by atoms with Gasteiger partial charge in [0.1, 0.15) is 11.5 Å². The van der Waals surface area contributed by atoms with E-state index >= 15 is 0 Å². The number of aromatic nitrogens is 2. The monoisotopic (exact) mass is 279 g/mol. The molecule has 2 rings (SSSR count). The Morgan fingerprint density at radius 2 is 2.31 bits per heavy atom. The van der Waals surface area contributed by atoms with Crippen molar-refractivity contribution in [2.24, 2.45) is 7.05 Å². The Balaban J connectivity index is 2.17. The van der Waals surface area contributed by atoms with Crippen molar-refractivity contribution in [3.05, 3.63) is 46.8 Å². The number of aryl methyl sites for hydroxylation is 1. The molecule has 0 saturated carbocycles. The minimum Gasteiger partial charge on any atom is -0.347 e. The highest BCUT2D eigenvalue weighted by molar-refractivity contribution is 9.10. The van der Waals surface area contributed by atoms with Gasteiger partial charge in [0, 0.05) is 23.9 Å². The molecule has 0 atom stereocenters. The van der Waals surface area contributed by atoms with Crippen molar-refractivity contribution in [1.29, 1.82) is 0 Å². The van der Waals surface area contributed by atoms with Crippen molar-refractivity contribution in [2.45, 2.75) is 0 Å². The van der Waals surface area contributed by atoms with Crippen LogP contribution in [0.3, 0.4) is 0 Å². The van der Waals surface area contributed by atoms with Gasteiger partial charge in [-0.1, -0.05) is 15.9 Å². The molecule has 4 nitrogen and oxygen atoms in total. The molecule has 0 aliphatic rings. The van der Waals surface area contributed by atoms with Gasteiger partial charge in [0.2, 0.25) is 0 Å². The Morgan fingerprint density at radius 1 is 1.50 bits per heavy atom. The summed E-state index contributed by atoms with van der Waals surface area (Å²) in [5.41, 5.74) is 0.599. The number of hydrogen-bond donors (Lipinski definition) is 1. The minimum absolute atomic E-state index is 0.168. The van der Waals surface area contributed by atoms with Crippen LogP contribution < -0.4 is 5.32 Å². The van der Waals surface area contributed by atoms with Crippen molar-refractivity contribution in [1.82, 2.24) is 9.55 Å². The fourth-order valence-corrected chi connectivity index (χ4v) is 1.69. The largest absolute Gasteiger partial charge is 0.347 e. The number of carbonyl (C=O) groups excluding carboxylic acids is 1. The van der Waals surface area contributed by atoms with E-state index in [0.29, 0.717) is 11.5 Å². The van der Waals surface area contributed by atoms with Crippen LogP contribution >= 0.6 is 15.9 Å². The van der Waals surface area contributed by atoms with Crippen molar-refractivity contribution < 1.29 is 4.79 Å². The quantitative estimate of drug-likeness (QED) is 0.918. The lowest BCUT2D eigenvalue weighted by atomic mass is 10.4. The summed E-state index contributed by atoms with van der Waals surface area (Å²) in [6.07, 6.45) is 3.45. The summed E-state index contributed by atoms with van der Waals surface area (Å²) in [7, 11) is 1.82. The molecule has 0 bridgehead atoms. The van der Waals surface area contributed by atoms with E-state index in [1.165, 1.54) is 0 Å². The molecule has 2 aromatic rings. The van der Waals surface area contributed by atoms with Gasteiger partial charge in [-0.25, -0.2) is 4.98 Å². The molecule has 0 saturated heterocycles. The maximum absolute atomic E-state index is 11.8. The third-order valence-corrected chi connectivity index (χ3v) is 2.63. The number of pyridine rings is 1. The molecule has 0 aliphatic carbocycles. The van der Waals surface area contributed by atoms with Crippen LogP contribution in [0.2, 0.25) is 0 Å². The fourth-order valence-electron chi connectivity index (χ4n) is 1.35. The third-order valence-electron chi connectivity index (χ3n) is 2.14. The van der Waals surface area contributed by atoms with E-state index in [4.69, 9.17) is 0 Å². The number of hydrogen-bond acceptors (Lipinski definition) is 2. The molecular weight excluding hydrogens is 270 g/mol. The summed E-state index contributed by atoms with van der Waals surface area (Å²) in [5.74, 6) is 0.360. The topological polar surface area (TPSA) is 46.9 Å². The lowest BCUT2D eigenvalue weighted by molar-refractivity contribution is 0.101. The Morgan fingerprint density at radius 3 is 2.94 bits per heavy atom. The molecule has 0 unspecified atom stereocenters. The highest BCUT2D eigenvalue weighted by atomic mass is 79.9. The predicted octanol–water partition coefficient (Wildman–Crippen LogP) is 2.43. The Kier molecular flexibility index (Phi) is 3.05. The van der Waals surface area contributed by atoms with Gasteiger partial charge in [-0.2, -0.15) is 0 Å². The average molecular weight is 280 g/mol. The Bertz CT molecular complexity index is 521. The molecule has 82 valence electrons. The fraction of sp³-hybridized carbons (Fsp3) is 0.0909. The normalized spacial score (nSPS) is 10.1. The number of amides is 1. The standard InChI is InChI=1S/C11H10BrN3O/c1-15-6-2-3-9(15)11(16)14-10-7-8(12)4-5-13-10/h2-7H,1H3,(H,13,14,16). The average Bonchev–Trinajstić information content (AvgIpc) is 2.64. The maximum Gasteiger partial charge on any atom is 0.273 e. The highest BCUT2D eigenvalue weighted by Crippen LogP contribution is 2.13. The second kappa shape index (κ2) is 4.49. The zero-order valence-electron chi connectivity index (χ0n) is 8.64. The molecule has 16 heavy (non-hydrogen) atoms. The summed E-state index contributed by atoms with van der Waals surface area (Å²) in [5, 5.41) is 2.73. The molecule has 2 aromatic heterocycles. The van der Waals surface area contributed by atoms with Crippen LogP contribution in [0.5, 0.6) is 0 Å². The lowest BCUT2D eigenvalue weighted by Crippen LogP contribution is -2.15. The van der Waals surface area contributed by atoms with E-state index in [2.05, 4.69) is 26.2 Å². The number of nitrogens with one attached hydrogen (secondary N) is 1. The van der Waals surface area contributed by atoms with Crippen LogP contribution in [-0.4, -0.2) is 15.5 Å². The summed E-state index contributed by atoms with van der Waals surface area (Å²) < 4.78 is 2.64. The van der Waals surface area contributed by atoms with E-state index in [9.17, 15) is 4.79 Å². The van der Waals surface area contributed by atoms with Crippen LogP contribution in [0, 0.1) is 0 Å². The summed E-state index contributed by atoms with van der Waals surface area (Å²) >= 11 is 3.32. The first-order chi connectivity index (χ1) is 7.66. The third kappa shape index (κ3) is 2.30. The smallest absolute Gasteiger partial charge is 0.273 e. The molecule has 5 heteroatoms. The number of rotatable bonds is 2. The van der Waals surface area contributed by atoms with Gasteiger partial charge >= 0.3 is 0 Å². The number of halogens is 1. The molecule has 1 N–H and O–H groups in total. The molecule has 0 aliphatic heterocycles. The zero-order valence-corrected chi connectivity index (χ0v) is 10.2. The van der Waals surface area contributed by atoms with Crippen LogP contribution in [0.1, 0.15) is 10.5 Å². The van der Waals surface area contributed by atoms with Crippen LogP contribution in [0.15, 0.2) is 41.1 Å². The van der Waals surface area contributed by atoms with Gasteiger partial charge in [-0.05, 0) is 24.3 Å². The SMILES string of the molecule is Cn1cccc1C(=O)Nc1cc(Br)ccn1. The van der Waals surface area contributed by atoms with E-state index in [0.717, 1.165) is 4.47 Å². The van der Waals surface area contributed by atoms with Crippen molar-refractivity contribution >= 4 is 27.7 Å². The maximum atomic E-state index is 11.8. The molecule has 0 spiro atoms. The van der Waals surface area contributed by atoms with Crippen LogP contribution in [-0.2, 0) is 7.05 Å².